The molecule has 1 amide bonds. The molecule has 0 radical (unpaired) electrons. The predicted molar refractivity (Wildman–Crippen MR) is 68.7 cm³/mol. The van der Waals surface area contributed by atoms with E-state index >= 15 is 0 Å². The molecule has 16 heavy (non-hydrogen) atoms. The summed E-state index contributed by atoms with van der Waals surface area (Å²) in [4.78, 5) is 10.7. The topological polar surface area (TPSA) is 70.9 Å². The van der Waals surface area contributed by atoms with Crippen LogP contribution in [0.1, 0.15) is 11.1 Å². The van der Waals surface area contributed by atoms with Crippen LogP contribution in [0.5, 0.6) is 5.75 Å². The number of hydrazone groups is 1. The first-order valence-electron chi connectivity index (χ1n) is 4.40. The van der Waals surface area contributed by atoms with Gasteiger partial charge in [0, 0.05) is 9.13 Å². The van der Waals surface area contributed by atoms with Crippen molar-refractivity contribution < 1.29 is 14.6 Å². The average molecular weight is 334 g/mol. The average Bonchev–Trinajstić information content (AvgIpc) is 2.24. The summed E-state index contributed by atoms with van der Waals surface area (Å²) in [6, 6.07) is 3.60. The third kappa shape index (κ3) is 3.37. The minimum atomic E-state index is -0.655. The molecule has 0 atom stereocenters. The first-order chi connectivity index (χ1) is 7.54. The maximum Gasteiger partial charge on any atom is 0.427 e. The molecule has 0 aromatic heterocycles. The molecule has 5 nitrogen and oxygen atoms in total. The summed E-state index contributed by atoms with van der Waals surface area (Å²) >= 11 is 2.14. The Balaban J connectivity index is 2.85. The van der Waals surface area contributed by atoms with Gasteiger partial charge in [-0.05, 0) is 47.2 Å². The van der Waals surface area contributed by atoms with Crippen molar-refractivity contribution in [2.24, 2.45) is 5.10 Å². The lowest BCUT2D eigenvalue weighted by atomic mass is 10.1. The van der Waals surface area contributed by atoms with Gasteiger partial charge in [-0.2, -0.15) is 5.10 Å². The van der Waals surface area contributed by atoms with E-state index in [9.17, 15) is 9.90 Å². The number of carbonyl (C=O) groups is 1. The fourth-order valence-corrected chi connectivity index (χ4v) is 1.86. The molecule has 1 aromatic rings. The summed E-state index contributed by atoms with van der Waals surface area (Å²) in [5.41, 5.74) is 3.44. The van der Waals surface area contributed by atoms with E-state index in [-0.39, 0.29) is 5.75 Å². The largest absolute Gasteiger partial charge is 0.507 e. The molecule has 0 fully saturated rings. The number of nitrogens with one attached hydrogen (secondary N) is 1. The number of hydrogen-bond donors (Lipinski definition) is 2. The van der Waals surface area contributed by atoms with Crippen molar-refractivity contribution >= 4 is 34.9 Å². The molecular weight excluding hydrogens is 323 g/mol. The van der Waals surface area contributed by atoms with Crippen molar-refractivity contribution in [3.05, 3.63) is 26.8 Å². The van der Waals surface area contributed by atoms with Crippen LogP contribution in [0.3, 0.4) is 0 Å². The minimum absolute atomic E-state index is 0.149. The zero-order valence-corrected chi connectivity index (χ0v) is 11.0. The molecule has 0 aliphatic heterocycles. The van der Waals surface area contributed by atoms with E-state index in [1.165, 1.54) is 13.3 Å². The summed E-state index contributed by atoms with van der Waals surface area (Å²) in [5, 5.41) is 13.3. The molecule has 0 aliphatic rings. The number of rotatable bonds is 2. The number of carbonyl (C=O) groups excluding carboxylic acids is 1. The lowest BCUT2D eigenvalue weighted by Gasteiger charge is -2.03. The molecule has 0 unspecified atom stereocenters. The molecule has 86 valence electrons. The number of nitrogens with zero attached hydrogens (tertiary/aromatic N) is 1. The number of amides is 1. The SMILES string of the molecule is COC(=O)N/N=C\c1cc(I)cc(C)c1O. The Bertz CT molecular complexity index is 432. The van der Waals surface area contributed by atoms with Crippen LogP contribution >= 0.6 is 22.6 Å². The molecule has 1 rings (SSSR count). The normalized spacial score (nSPS) is 10.4. The van der Waals surface area contributed by atoms with Crippen LogP contribution in [0.15, 0.2) is 17.2 Å². The molecular formula is C10H11IN2O3. The zero-order chi connectivity index (χ0) is 12.1. The second kappa shape index (κ2) is 5.69. The molecule has 2 N–H and O–H groups in total. The summed E-state index contributed by atoms with van der Waals surface area (Å²) in [5.74, 6) is 0.149. The summed E-state index contributed by atoms with van der Waals surface area (Å²) in [6.07, 6.45) is 0.708. The maximum atomic E-state index is 10.7. The van der Waals surface area contributed by atoms with Gasteiger partial charge >= 0.3 is 6.09 Å². The first-order valence-corrected chi connectivity index (χ1v) is 5.48. The monoisotopic (exact) mass is 334 g/mol. The van der Waals surface area contributed by atoms with Crippen LogP contribution in [0, 0.1) is 10.5 Å². The van der Waals surface area contributed by atoms with E-state index < -0.39 is 6.09 Å². The van der Waals surface area contributed by atoms with Crippen molar-refractivity contribution in [1.82, 2.24) is 5.43 Å². The number of methoxy groups -OCH3 is 1. The van der Waals surface area contributed by atoms with Gasteiger partial charge in [0.05, 0.1) is 13.3 Å². The predicted octanol–water partition coefficient (Wildman–Crippen LogP) is 2.00. The standard InChI is InChI=1S/C10H11IN2O3/c1-6-3-8(11)4-7(9(6)14)5-12-13-10(15)16-2/h3-5,14H,1-2H3,(H,13,15)/b12-5-. The van der Waals surface area contributed by atoms with Crippen LogP contribution in [0.2, 0.25) is 0 Å². The van der Waals surface area contributed by atoms with Crippen molar-refractivity contribution in [1.29, 1.82) is 0 Å². The number of aryl methyl sites for hydroxylation is 1. The number of aromatic hydroxyl groups is 1. The number of phenols is 1. The van der Waals surface area contributed by atoms with E-state index in [0.29, 0.717) is 5.56 Å². The highest BCUT2D eigenvalue weighted by molar-refractivity contribution is 14.1. The molecule has 0 spiro atoms. The fraction of sp³-hybridized carbons (Fsp3) is 0.200. The van der Waals surface area contributed by atoms with E-state index in [1.54, 1.807) is 13.0 Å². The van der Waals surface area contributed by atoms with Gasteiger partial charge in [-0.3, -0.25) is 0 Å². The van der Waals surface area contributed by atoms with Gasteiger partial charge in [0.1, 0.15) is 5.75 Å². The molecule has 6 heteroatoms. The summed E-state index contributed by atoms with van der Waals surface area (Å²) in [6.45, 7) is 1.79. The Kier molecular flexibility index (Phi) is 4.53. The van der Waals surface area contributed by atoms with Gasteiger partial charge in [0.2, 0.25) is 0 Å². The van der Waals surface area contributed by atoms with Gasteiger partial charge in [-0.1, -0.05) is 0 Å². The lowest BCUT2D eigenvalue weighted by Crippen LogP contribution is -2.16. The van der Waals surface area contributed by atoms with Crippen LogP contribution in [0.4, 0.5) is 4.79 Å². The summed E-state index contributed by atoms with van der Waals surface area (Å²) in [7, 11) is 1.25. The molecule has 0 heterocycles. The van der Waals surface area contributed by atoms with E-state index in [0.717, 1.165) is 9.13 Å². The van der Waals surface area contributed by atoms with Crippen molar-refractivity contribution in [2.75, 3.05) is 7.11 Å². The van der Waals surface area contributed by atoms with E-state index in [1.807, 2.05) is 6.07 Å². The Hall–Kier alpha value is -1.31. The van der Waals surface area contributed by atoms with Gasteiger partial charge in [-0.15, -0.1) is 0 Å². The highest BCUT2D eigenvalue weighted by atomic mass is 127. The number of benzene rings is 1. The van der Waals surface area contributed by atoms with Crippen molar-refractivity contribution in [3.63, 3.8) is 0 Å². The number of hydrogen-bond acceptors (Lipinski definition) is 4. The molecule has 0 aliphatic carbocycles. The van der Waals surface area contributed by atoms with Crippen LogP contribution < -0.4 is 5.43 Å². The Morgan fingerprint density at radius 2 is 2.31 bits per heavy atom. The number of halogens is 1. The highest BCUT2D eigenvalue weighted by Crippen LogP contribution is 2.23. The van der Waals surface area contributed by atoms with Crippen molar-refractivity contribution in [3.8, 4) is 5.75 Å². The van der Waals surface area contributed by atoms with Crippen LogP contribution in [-0.4, -0.2) is 24.5 Å². The fourth-order valence-electron chi connectivity index (χ4n) is 1.06. The van der Waals surface area contributed by atoms with Gasteiger partial charge in [-0.25, -0.2) is 10.2 Å². The Labute approximate surface area is 107 Å². The maximum absolute atomic E-state index is 10.7. The van der Waals surface area contributed by atoms with Gasteiger partial charge in [0.25, 0.3) is 0 Å². The van der Waals surface area contributed by atoms with Crippen LogP contribution in [-0.2, 0) is 4.74 Å². The second-order valence-corrected chi connectivity index (χ2v) is 4.27. The van der Waals surface area contributed by atoms with Gasteiger partial charge in [0.15, 0.2) is 0 Å². The first kappa shape index (κ1) is 12.8. The quantitative estimate of drug-likeness (QED) is 0.494. The van der Waals surface area contributed by atoms with Gasteiger partial charge < -0.3 is 9.84 Å². The molecule has 0 saturated heterocycles. The lowest BCUT2D eigenvalue weighted by molar-refractivity contribution is 0.171. The summed E-state index contributed by atoms with van der Waals surface area (Å²) < 4.78 is 5.32. The molecule has 0 saturated carbocycles. The third-order valence-electron chi connectivity index (χ3n) is 1.84. The molecule has 1 aromatic carbocycles. The number of ether oxygens (including phenoxy) is 1. The van der Waals surface area contributed by atoms with Crippen molar-refractivity contribution in [2.45, 2.75) is 6.92 Å². The Morgan fingerprint density at radius 1 is 1.62 bits per heavy atom. The number of phenolic OH excluding ortho intramolecular Hbond substituents is 1. The highest BCUT2D eigenvalue weighted by Gasteiger charge is 2.04. The van der Waals surface area contributed by atoms with E-state index in [4.69, 9.17) is 0 Å². The third-order valence-corrected chi connectivity index (χ3v) is 2.46. The molecule has 0 bridgehead atoms. The van der Waals surface area contributed by atoms with Crippen LogP contribution in [0.25, 0.3) is 0 Å². The minimum Gasteiger partial charge on any atom is -0.507 e. The Morgan fingerprint density at radius 3 is 2.94 bits per heavy atom. The second-order valence-electron chi connectivity index (χ2n) is 3.02. The smallest absolute Gasteiger partial charge is 0.427 e. The zero-order valence-electron chi connectivity index (χ0n) is 8.82. The van der Waals surface area contributed by atoms with E-state index in [2.05, 4.69) is 37.9 Å².